The standard InChI is InChI=1S/C24H30N4/c1-15-12-13-23(17(3)26-15)28-18(4)24-21(10-7-11-22(24)27-19(28)5)14-25-16(2)20-8-6-9-20/h7,10-11,20,23,25-26H,1-4,6,8-9,12-14H2,5H3. The van der Waals surface area contributed by atoms with Crippen LogP contribution in [-0.4, -0.2) is 16.8 Å². The van der Waals surface area contributed by atoms with Crippen molar-refractivity contribution in [1.29, 1.82) is 0 Å². The van der Waals surface area contributed by atoms with E-state index in [1.54, 1.807) is 0 Å². The first-order valence-corrected chi connectivity index (χ1v) is 10.2. The topological polar surface area (TPSA) is 39.7 Å². The van der Waals surface area contributed by atoms with E-state index >= 15 is 0 Å². The normalized spacial score (nSPS) is 22.2. The van der Waals surface area contributed by atoms with Crippen LogP contribution in [0.15, 0.2) is 66.6 Å². The molecular formula is C24H30N4. The minimum absolute atomic E-state index is 0.140. The van der Waals surface area contributed by atoms with E-state index in [2.05, 4.69) is 60.0 Å². The van der Waals surface area contributed by atoms with E-state index in [-0.39, 0.29) is 6.04 Å². The summed E-state index contributed by atoms with van der Waals surface area (Å²) >= 11 is 0. The Kier molecular flexibility index (Phi) is 4.88. The smallest absolute Gasteiger partial charge is 0.107 e. The average molecular weight is 375 g/mol. The summed E-state index contributed by atoms with van der Waals surface area (Å²) in [5, 5.41) is 6.87. The van der Waals surface area contributed by atoms with Crippen LogP contribution in [0.1, 0.15) is 50.2 Å². The van der Waals surface area contributed by atoms with Crippen LogP contribution in [0.5, 0.6) is 0 Å². The molecule has 1 aliphatic carbocycles. The molecule has 3 aliphatic rings. The van der Waals surface area contributed by atoms with Crippen LogP contribution in [0.4, 0.5) is 5.69 Å². The minimum Gasteiger partial charge on any atom is -0.384 e. The second-order valence-corrected chi connectivity index (χ2v) is 8.10. The van der Waals surface area contributed by atoms with Gasteiger partial charge in [-0.25, -0.2) is 4.99 Å². The van der Waals surface area contributed by atoms with Gasteiger partial charge in [-0.1, -0.05) is 44.9 Å². The Labute approximate surface area is 168 Å². The molecule has 2 fully saturated rings. The third-order valence-corrected chi connectivity index (χ3v) is 6.21. The maximum absolute atomic E-state index is 4.90. The zero-order valence-electron chi connectivity index (χ0n) is 16.9. The lowest BCUT2D eigenvalue weighted by Crippen LogP contribution is -2.45. The Hall–Kier alpha value is -2.75. The van der Waals surface area contributed by atoms with Crippen molar-refractivity contribution >= 4 is 17.2 Å². The van der Waals surface area contributed by atoms with Gasteiger partial charge in [0.1, 0.15) is 5.84 Å². The van der Waals surface area contributed by atoms with Crippen LogP contribution in [0.2, 0.25) is 0 Å². The lowest BCUT2D eigenvalue weighted by Gasteiger charge is -2.41. The predicted octanol–water partition coefficient (Wildman–Crippen LogP) is 5.21. The molecule has 4 rings (SSSR count). The quantitative estimate of drug-likeness (QED) is 0.743. The average Bonchev–Trinajstić information content (AvgIpc) is 2.60. The summed E-state index contributed by atoms with van der Waals surface area (Å²) in [6, 6.07) is 6.45. The maximum Gasteiger partial charge on any atom is 0.107 e. The summed E-state index contributed by atoms with van der Waals surface area (Å²) in [5.74, 6) is 1.59. The lowest BCUT2D eigenvalue weighted by atomic mass is 9.83. The van der Waals surface area contributed by atoms with Crippen LogP contribution in [-0.2, 0) is 6.54 Å². The van der Waals surface area contributed by atoms with E-state index in [1.165, 1.54) is 24.8 Å². The number of fused-ring (bicyclic) bond motifs is 1. The fourth-order valence-electron chi connectivity index (χ4n) is 4.37. The van der Waals surface area contributed by atoms with E-state index in [1.807, 2.05) is 6.92 Å². The van der Waals surface area contributed by atoms with Gasteiger partial charge in [-0.2, -0.15) is 0 Å². The van der Waals surface area contributed by atoms with Gasteiger partial charge in [0.2, 0.25) is 0 Å². The zero-order chi connectivity index (χ0) is 19.8. The van der Waals surface area contributed by atoms with Gasteiger partial charge in [0, 0.05) is 34.9 Å². The van der Waals surface area contributed by atoms with Gasteiger partial charge < -0.3 is 15.5 Å². The van der Waals surface area contributed by atoms with Crippen LogP contribution in [0.25, 0.3) is 5.70 Å². The van der Waals surface area contributed by atoms with Gasteiger partial charge in [-0.3, -0.25) is 0 Å². The van der Waals surface area contributed by atoms with Crippen LogP contribution in [0.3, 0.4) is 0 Å². The first-order chi connectivity index (χ1) is 13.5. The molecule has 0 bridgehead atoms. The van der Waals surface area contributed by atoms with Crippen molar-refractivity contribution in [3.05, 3.63) is 72.7 Å². The molecule has 1 aromatic carbocycles. The Balaban J connectivity index is 1.59. The molecule has 0 aromatic heterocycles. The van der Waals surface area contributed by atoms with E-state index in [4.69, 9.17) is 4.99 Å². The molecule has 2 aliphatic heterocycles. The van der Waals surface area contributed by atoms with Crippen molar-refractivity contribution in [2.24, 2.45) is 10.9 Å². The molecule has 1 aromatic rings. The number of aliphatic imine (C=N–C) groups is 1. The van der Waals surface area contributed by atoms with Gasteiger partial charge in [-0.15, -0.1) is 0 Å². The number of nitrogens with one attached hydrogen (secondary N) is 2. The van der Waals surface area contributed by atoms with Gasteiger partial charge >= 0.3 is 0 Å². The molecule has 0 amide bonds. The largest absolute Gasteiger partial charge is 0.384 e. The third kappa shape index (κ3) is 3.28. The van der Waals surface area contributed by atoms with Crippen LogP contribution >= 0.6 is 0 Å². The van der Waals surface area contributed by atoms with Crippen LogP contribution < -0.4 is 10.6 Å². The molecule has 2 N–H and O–H groups in total. The van der Waals surface area contributed by atoms with E-state index < -0.39 is 0 Å². The van der Waals surface area contributed by atoms with E-state index in [0.29, 0.717) is 5.92 Å². The van der Waals surface area contributed by atoms with Crippen molar-refractivity contribution < 1.29 is 0 Å². The molecule has 0 spiro atoms. The number of benzene rings is 1. The Bertz CT molecular complexity index is 888. The summed E-state index contributed by atoms with van der Waals surface area (Å²) in [6.45, 7) is 19.8. The second-order valence-electron chi connectivity index (χ2n) is 8.10. The van der Waals surface area contributed by atoms with Crippen molar-refractivity contribution in [1.82, 2.24) is 15.5 Å². The molecule has 28 heavy (non-hydrogen) atoms. The number of hydrogen-bond acceptors (Lipinski definition) is 4. The molecule has 1 saturated carbocycles. The Morgan fingerprint density at radius 2 is 2.04 bits per heavy atom. The zero-order valence-corrected chi connectivity index (χ0v) is 16.9. The maximum atomic E-state index is 4.90. The number of allylic oxidation sites excluding steroid dienone is 2. The van der Waals surface area contributed by atoms with Crippen molar-refractivity contribution in [3.63, 3.8) is 0 Å². The highest BCUT2D eigenvalue weighted by Crippen LogP contribution is 2.39. The first kappa shape index (κ1) is 18.6. The Morgan fingerprint density at radius 1 is 1.25 bits per heavy atom. The van der Waals surface area contributed by atoms with Gasteiger partial charge in [0.25, 0.3) is 0 Å². The molecule has 1 atom stereocenters. The van der Waals surface area contributed by atoms with Gasteiger partial charge in [-0.05, 0) is 50.2 Å². The highest BCUT2D eigenvalue weighted by Gasteiger charge is 2.32. The summed E-state index contributed by atoms with van der Waals surface area (Å²) < 4.78 is 0. The summed E-state index contributed by atoms with van der Waals surface area (Å²) in [6.07, 6.45) is 5.72. The van der Waals surface area contributed by atoms with E-state index in [0.717, 1.165) is 59.3 Å². The number of piperidine rings is 1. The molecule has 4 nitrogen and oxygen atoms in total. The summed E-state index contributed by atoms with van der Waals surface area (Å²) in [4.78, 5) is 7.13. The van der Waals surface area contributed by atoms with Crippen molar-refractivity contribution in [3.8, 4) is 0 Å². The summed E-state index contributed by atoms with van der Waals surface area (Å²) in [7, 11) is 0. The number of nitrogens with zero attached hydrogens (tertiary/aromatic N) is 2. The van der Waals surface area contributed by atoms with Crippen molar-refractivity contribution in [2.75, 3.05) is 0 Å². The molecule has 0 radical (unpaired) electrons. The predicted molar refractivity (Wildman–Crippen MR) is 118 cm³/mol. The molecule has 146 valence electrons. The Morgan fingerprint density at radius 3 is 2.71 bits per heavy atom. The van der Waals surface area contributed by atoms with E-state index in [9.17, 15) is 0 Å². The fraction of sp³-hybridized carbons (Fsp3) is 0.375. The van der Waals surface area contributed by atoms with Crippen LogP contribution in [0, 0.1) is 5.92 Å². The summed E-state index contributed by atoms with van der Waals surface area (Å²) in [5.41, 5.74) is 7.47. The molecule has 2 heterocycles. The molecule has 4 heteroatoms. The SMILES string of the molecule is C=C1CCC(N2C(=C)c3c(CNC(=C)C4CCC4)cccc3N=C2C)C(=C)N1. The molecular weight excluding hydrogens is 344 g/mol. The minimum atomic E-state index is 0.140. The van der Waals surface area contributed by atoms with Gasteiger partial charge in [0.15, 0.2) is 0 Å². The molecule has 1 saturated heterocycles. The van der Waals surface area contributed by atoms with Gasteiger partial charge in [0.05, 0.1) is 11.7 Å². The van der Waals surface area contributed by atoms with Crippen molar-refractivity contribution in [2.45, 2.75) is 51.6 Å². The first-order valence-electron chi connectivity index (χ1n) is 10.2. The molecule has 1 unspecified atom stereocenters. The number of amidine groups is 1. The number of rotatable bonds is 5. The highest BCUT2D eigenvalue weighted by atomic mass is 15.3. The highest BCUT2D eigenvalue weighted by molar-refractivity contribution is 5.97. The number of hydrogen-bond donors (Lipinski definition) is 2. The third-order valence-electron chi connectivity index (χ3n) is 6.21. The fourth-order valence-corrected chi connectivity index (χ4v) is 4.37. The monoisotopic (exact) mass is 374 g/mol. The lowest BCUT2D eigenvalue weighted by molar-refractivity contribution is 0.350. The second kappa shape index (κ2) is 7.34.